The van der Waals surface area contributed by atoms with Crippen molar-refractivity contribution in [3.8, 4) is 17.2 Å². The third kappa shape index (κ3) is 5.61. The molecule has 0 radical (unpaired) electrons. The average Bonchev–Trinajstić information content (AvgIpc) is 3.26. The van der Waals surface area contributed by atoms with Gasteiger partial charge in [-0.15, -0.1) is 0 Å². The van der Waals surface area contributed by atoms with E-state index in [9.17, 15) is 9.59 Å². The molecule has 1 N–H and O–H groups in total. The van der Waals surface area contributed by atoms with Gasteiger partial charge in [-0.05, 0) is 86.8 Å². The van der Waals surface area contributed by atoms with Crippen LogP contribution in [0, 0.1) is 0 Å². The maximum atomic E-state index is 14.1. The van der Waals surface area contributed by atoms with Gasteiger partial charge in [-0.2, -0.15) is 0 Å². The van der Waals surface area contributed by atoms with E-state index in [2.05, 4.69) is 37.2 Å². The van der Waals surface area contributed by atoms with Crippen LogP contribution in [0.3, 0.4) is 0 Å². The number of hydrogen-bond donors (Lipinski definition) is 1. The number of nitrogens with one attached hydrogen (secondary N) is 1. The average molecular weight is 699 g/mol. The van der Waals surface area contributed by atoms with Gasteiger partial charge < -0.3 is 19.5 Å². The number of amides is 1. The van der Waals surface area contributed by atoms with Crippen molar-refractivity contribution in [1.29, 1.82) is 0 Å². The summed E-state index contributed by atoms with van der Waals surface area (Å²) in [5, 5.41) is 2.96. The summed E-state index contributed by atoms with van der Waals surface area (Å²) in [4.78, 5) is 33.1. The van der Waals surface area contributed by atoms with Crippen LogP contribution in [0.5, 0.6) is 17.2 Å². The van der Waals surface area contributed by atoms with Crippen LogP contribution in [-0.4, -0.2) is 31.8 Å². The van der Waals surface area contributed by atoms with Crippen molar-refractivity contribution in [3.05, 3.63) is 112 Å². The molecule has 1 atom stereocenters. The summed E-state index contributed by atoms with van der Waals surface area (Å²) >= 11 is 8.30. The summed E-state index contributed by atoms with van der Waals surface area (Å²) in [5.74, 6) is 1.36. The zero-order valence-electron chi connectivity index (χ0n) is 22.5. The number of carbonyl (C=O) groups excluding carboxylic acids is 1. The molecule has 8 nitrogen and oxygen atoms in total. The topological polar surface area (TPSA) is 91.2 Å². The molecular weight excluding hydrogens is 674 g/mol. The summed E-state index contributed by atoms with van der Waals surface area (Å²) in [6.45, 7) is 1.78. The van der Waals surface area contributed by atoms with Crippen molar-refractivity contribution >= 4 is 60.9 Å². The van der Waals surface area contributed by atoms with Gasteiger partial charge in [0.2, 0.25) is 0 Å². The first kappa shape index (κ1) is 28.8. The highest BCUT2D eigenvalue weighted by molar-refractivity contribution is 9.11. The fraction of sp³-hybridized carbons (Fsp3) is 0.167. The summed E-state index contributed by atoms with van der Waals surface area (Å²) in [6, 6.07) is 17.4. The van der Waals surface area contributed by atoms with Gasteiger partial charge in [0.05, 0.1) is 46.1 Å². The van der Waals surface area contributed by atoms with Gasteiger partial charge in [-0.1, -0.05) is 29.5 Å². The van der Waals surface area contributed by atoms with Crippen LogP contribution in [0.2, 0.25) is 0 Å². The Labute approximate surface area is 256 Å². The quantitative estimate of drug-likeness (QED) is 0.278. The molecule has 5 rings (SSSR count). The molecule has 1 amide bonds. The van der Waals surface area contributed by atoms with Crippen LogP contribution < -0.4 is 34.4 Å². The van der Waals surface area contributed by atoms with E-state index in [-0.39, 0.29) is 11.5 Å². The number of rotatable bonds is 7. The van der Waals surface area contributed by atoms with E-state index < -0.39 is 6.04 Å². The van der Waals surface area contributed by atoms with Gasteiger partial charge >= 0.3 is 0 Å². The van der Waals surface area contributed by atoms with Gasteiger partial charge in [-0.3, -0.25) is 14.2 Å². The van der Waals surface area contributed by atoms with Crippen molar-refractivity contribution in [3.63, 3.8) is 0 Å². The highest BCUT2D eigenvalue weighted by Gasteiger charge is 2.34. The predicted molar refractivity (Wildman–Crippen MR) is 167 cm³/mol. The number of fused-ring (bicyclic) bond motifs is 1. The van der Waals surface area contributed by atoms with E-state index in [0.717, 1.165) is 14.5 Å². The van der Waals surface area contributed by atoms with E-state index in [1.807, 2.05) is 36.4 Å². The molecule has 11 heteroatoms. The van der Waals surface area contributed by atoms with Crippen molar-refractivity contribution in [2.24, 2.45) is 4.99 Å². The van der Waals surface area contributed by atoms with Crippen LogP contribution in [0.25, 0.3) is 6.08 Å². The number of allylic oxidation sites excluding steroid dienone is 1. The Morgan fingerprint density at radius 2 is 1.71 bits per heavy atom. The Balaban J connectivity index is 1.72. The number of para-hydroxylation sites is 1. The lowest BCUT2D eigenvalue weighted by Gasteiger charge is -2.26. The first-order valence-corrected chi connectivity index (χ1v) is 14.8. The van der Waals surface area contributed by atoms with E-state index in [0.29, 0.717) is 49.1 Å². The third-order valence-electron chi connectivity index (χ3n) is 6.56. The normalized spacial score (nSPS) is 14.8. The highest BCUT2D eigenvalue weighted by Crippen LogP contribution is 2.38. The molecular formula is C30H25Br2N3O5S. The minimum atomic E-state index is -0.799. The largest absolute Gasteiger partial charge is 0.497 e. The van der Waals surface area contributed by atoms with Crippen LogP contribution in [0.4, 0.5) is 5.69 Å². The molecule has 0 aliphatic carbocycles. The van der Waals surface area contributed by atoms with E-state index in [1.54, 1.807) is 63.2 Å². The monoisotopic (exact) mass is 697 g/mol. The number of methoxy groups -OCH3 is 3. The van der Waals surface area contributed by atoms with Crippen LogP contribution in [0.15, 0.2) is 90.7 Å². The molecule has 0 saturated carbocycles. The van der Waals surface area contributed by atoms with Gasteiger partial charge in [0.1, 0.15) is 23.3 Å². The Kier molecular flexibility index (Phi) is 8.48. The molecule has 0 saturated heterocycles. The summed E-state index contributed by atoms with van der Waals surface area (Å²) < 4.78 is 20.0. The predicted octanol–water partition coefficient (Wildman–Crippen LogP) is 5.42. The number of hydrogen-bond acceptors (Lipinski definition) is 7. The smallest absolute Gasteiger partial charge is 0.271 e. The molecule has 0 fully saturated rings. The number of halogens is 2. The number of thiazole rings is 1. The maximum Gasteiger partial charge on any atom is 0.271 e. The number of benzene rings is 3. The summed E-state index contributed by atoms with van der Waals surface area (Å²) in [7, 11) is 4.70. The standard InChI is InChI=1S/C30H25Br2N3O5S/c1-16-25(28(36)34-18-8-6-5-7-9-18)26(20-11-10-19(38-2)15-23(20)39-3)35-29(37)24(41-30(35)33-16)14-17-12-21(31)27(40-4)22(32)13-17/h5-15,26H,1-4H3,(H,34,36)/b24-14-/t26-/m0/s1. The van der Waals surface area contributed by atoms with Gasteiger partial charge in [-0.25, -0.2) is 4.99 Å². The molecule has 3 aromatic carbocycles. The summed E-state index contributed by atoms with van der Waals surface area (Å²) in [5.41, 5.74) is 2.60. The molecule has 210 valence electrons. The van der Waals surface area contributed by atoms with Gasteiger partial charge in [0.25, 0.3) is 11.5 Å². The zero-order chi connectivity index (χ0) is 29.3. The molecule has 1 aliphatic heterocycles. The zero-order valence-corrected chi connectivity index (χ0v) is 26.5. The molecule has 1 aromatic heterocycles. The minimum absolute atomic E-state index is 0.280. The number of anilines is 1. The Hall–Kier alpha value is -3.67. The number of carbonyl (C=O) groups is 1. The number of nitrogens with zero attached hydrogens (tertiary/aromatic N) is 2. The highest BCUT2D eigenvalue weighted by atomic mass is 79.9. The van der Waals surface area contributed by atoms with Crippen LogP contribution >= 0.6 is 43.2 Å². The van der Waals surface area contributed by atoms with Gasteiger partial charge in [0, 0.05) is 17.3 Å². The Morgan fingerprint density at radius 3 is 2.34 bits per heavy atom. The fourth-order valence-corrected chi connectivity index (χ4v) is 7.27. The first-order valence-electron chi connectivity index (χ1n) is 12.4. The number of aromatic nitrogens is 1. The summed E-state index contributed by atoms with van der Waals surface area (Å²) in [6.07, 6.45) is 1.80. The molecule has 2 heterocycles. The Bertz CT molecular complexity index is 1840. The third-order valence-corrected chi connectivity index (χ3v) is 8.72. The Morgan fingerprint density at radius 1 is 1.00 bits per heavy atom. The molecule has 41 heavy (non-hydrogen) atoms. The minimum Gasteiger partial charge on any atom is -0.497 e. The van der Waals surface area contributed by atoms with Crippen LogP contribution in [0.1, 0.15) is 24.1 Å². The molecule has 4 aromatic rings. The van der Waals surface area contributed by atoms with Crippen LogP contribution in [-0.2, 0) is 4.79 Å². The van der Waals surface area contributed by atoms with Gasteiger partial charge in [0.15, 0.2) is 4.80 Å². The van der Waals surface area contributed by atoms with E-state index in [4.69, 9.17) is 19.2 Å². The molecule has 1 aliphatic rings. The number of ether oxygens (including phenoxy) is 3. The second kappa shape index (κ2) is 12.1. The van der Waals surface area contributed by atoms with E-state index in [1.165, 1.54) is 11.3 Å². The second-order valence-corrected chi connectivity index (χ2v) is 11.7. The van der Waals surface area contributed by atoms with Crippen molar-refractivity contribution < 1.29 is 19.0 Å². The first-order chi connectivity index (χ1) is 19.7. The van der Waals surface area contributed by atoms with Crippen molar-refractivity contribution in [2.45, 2.75) is 13.0 Å². The molecule has 0 unspecified atom stereocenters. The SMILES string of the molecule is COc1ccc([C@H]2C(C(=O)Nc3ccccc3)=C(C)N=c3s/c(=C\c4cc(Br)c(OC)c(Br)c4)c(=O)n32)c(OC)c1. The lowest BCUT2D eigenvalue weighted by atomic mass is 9.94. The lowest BCUT2D eigenvalue weighted by Crippen LogP contribution is -2.40. The maximum absolute atomic E-state index is 14.1. The lowest BCUT2D eigenvalue weighted by molar-refractivity contribution is -0.113. The molecule has 0 spiro atoms. The van der Waals surface area contributed by atoms with E-state index >= 15 is 0 Å². The second-order valence-electron chi connectivity index (χ2n) is 9.03. The van der Waals surface area contributed by atoms with Crippen molar-refractivity contribution in [2.75, 3.05) is 26.6 Å². The molecule has 0 bridgehead atoms. The fourth-order valence-electron chi connectivity index (χ4n) is 4.68. The van der Waals surface area contributed by atoms with Crippen molar-refractivity contribution in [1.82, 2.24) is 4.57 Å².